The molecule has 1 aromatic carbocycles. The average molecular weight is 377 g/mol. The van der Waals surface area contributed by atoms with Gasteiger partial charge in [-0.05, 0) is 38.0 Å². The summed E-state index contributed by atoms with van der Waals surface area (Å²) in [6.45, 7) is 3.85. The first-order valence-electron chi connectivity index (χ1n) is 9.30. The smallest absolute Gasteiger partial charge is 0.251 e. The van der Waals surface area contributed by atoms with Gasteiger partial charge in [-0.25, -0.2) is 14.6 Å². The SMILES string of the molecule is CNc1nn(-c2nc(C)cc(C)n2)c2c1C(=O)C[C@@H](c1ccccc1OC)C2. The minimum atomic E-state index is 0.0159. The van der Waals surface area contributed by atoms with Crippen LogP contribution in [0.15, 0.2) is 30.3 Å². The minimum absolute atomic E-state index is 0.0159. The zero-order valence-corrected chi connectivity index (χ0v) is 16.5. The van der Waals surface area contributed by atoms with E-state index in [1.807, 2.05) is 44.2 Å². The molecule has 4 rings (SSSR count). The lowest BCUT2D eigenvalue weighted by Gasteiger charge is -2.24. The molecule has 144 valence electrons. The van der Waals surface area contributed by atoms with Gasteiger partial charge in [-0.1, -0.05) is 18.2 Å². The molecule has 0 radical (unpaired) electrons. The predicted octanol–water partition coefficient (Wildman–Crippen LogP) is 3.24. The molecule has 0 aliphatic heterocycles. The van der Waals surface area contributed by atoms with Crippen molar-refractivity contribution in [2.75, 3.05) is 19.5 Å². The topological polar surface area (TPSA) is 81.9 Å². The first kappa shape index (κ1) is 18.2. The molecule has 1 aliphatic carbocycles. The van der Waals surface area contributed by atoms with Gasteiger partial charge in [-0.3, -0.25) is 4.79 Å². The summed E-state index contributed by atoms with van der Waals surface area (Å²) in [6, 6.07) is 9.78. The highest BCUT2D eigenvalue weighted by molar-refractivity contribution is 6.03. The van der Waals surface area contributed by atoms with Crippen LogP contribution in [0, 0.1) is 13.8 Å². The number of hydrogen-bond acceptors (Lipinski definition) is 6. The number of hydrogen-bond donors (Lipinski definition) is 1. The maximum Gasteiger partial charge on any atom is 0.251 e. The van der Waals surface area contributed by atoms with Crippen LogP contribution in [0.4, 0.5) is 5.82 Å². The molecule has 0 unspecified atom stereocenters. The van der Waals surface area contributed by atoms with Gasteiger partial charge < -0.3 is 10.1 Å². The van der Waals surface area contributed by atoms with Gasteiger partial charge in [0.15, 0.2) is 11.6 Å². The Bertz CT molecular complexity index is 1040. The molecule has 0 saturated carbocycles. The second-order valence-electron chi connectivity index (χ2n) is 7.05. The second kappa shape index (κ2) is 7.07. The zero-order valence-electron chi connectivity index (χ0n) is 16.5. The first-order chi connectivity index (χ1) is 13.5. The predicted molar refractivity (Wildman–Crippen MR) is 107 cm³/mol. The maximum absolute atomic E-state index is 13.1. The number of rotatable bonds is 4. The maximum atomic E-state index is 13.1. The fourth-order valence-corrected chi connectivity index (χ4v) is 3.93. The van der Waals surface area contributed by atoms with E-state index in [0.717, 1.165) is 28.4 Å². The number of aryl methyl sites for hydroxylation is 2. The Kier molecular flexibility index (Phi) is 4.58. The number of ether oxygens (including phenoxy) is 1. The van der Waals surface area contributed by atoms with Crippen molar-refractivity contribution in [1.29, 1.82) is 0 Å². The van der Waals surface area contributed by atoms with Crippen molar-refractivity contribution >= 4 is 11.6 Å². The second-order valence-corrected chi connectivity index (χ2v) is 7.05. The molecule has 0 spiro atoms. The fourth-order valence-electron chi connectivity index (χ4n) is 3.93. The third kappa shape index (κ3) is 3.02. The molecule has 0 saturated heterocycles. The molecule has 0 amide bonds. The number of benzene rings is 1. The Morgan fingerprint density at radius 1 is 1.14 bits per heavy atom. The number of nitrogens with one attached hydrogen (secondary N) is 1. The minimum Gasteiger partial charge on any atom is -0.496 e. The average Bonchev–Trinajstić information content (AvgIpc) is 3.06. The number of methoxy groups -OCH3 is 1. The highest BCUT2D eigenvalue weighted by atomic mass is 16.5. The number of carbonyl (C=O) groups excluding carboxylic acids is 1. The highest BCUT2D eigenvalue weighted by Gasteiger charge is 2.34. The van der Waals surface area contributed by atoms with E-state index >= 15 is 0 Å². The van der Waals surface area contributed by atoms with Crippen LogP contribution in [0.25, 0.3) is 5.95 Å². The van der Waals surface area contributed by atoms with E-state index in [2.05, 4.69) is 20.4 Å². The Hall–Kier alpha value is -3.22. The van der Waals surface area contributed by atoms with Crippen LogP contribution in [0.5, 0.6) is 5.75 Å². The highest BCUT2D eigenvalue weighted by Crippen LogP contribution is 2.39. The fraction of sp³-hybridized carbons (Fsp3) is 0.333. The van der Waals surface area contributed by atoms with Crippen LogP contribution in [0.1, 0.15) is 45.3 Å². The molecule has 28 heavy (non-hydrogen) atoms. The van der Waals surface area contributed by atoms with Gasteiger partial charge in [0, 0.05) is 30.8 Å². The number of ketones is 1. The van der Waals surface area contributed by atoms with Gasteiger partial charge in [0.25, 0.3) is 5.95 Å². The largest absolute Gasteiger partial charge is 0.496 e. The normalized spacial score (nSPS) is 16.0. The molecule has 7 heteroatoms. The van der Waals surface area contributed by atoms with Gasteiger partial charge >= 0.3 is 0 Å². The number of Topliss-reactive ketones (excluding diaryl/α,β-unsaturated/α-hetero) is 1. The number of carbonyl (C=O) groups is 1. The molecule has 1 atom stereocenters. The number of para-hydroxylation sites is 1. The van der Waals surface area contributed by atoms with Crippen molar-refractivity contribution in [2.24, 2.45) is 0 Å². The Morgan fingerprint density at radius 3 is 2.54 bits per heavy atom. The third-order valence-corrected chi connectivity index (χ3v) is 5.11. The van der Waals surface area contributed by atoms with Gasteiger partial charge in [-0.2, -0.15) is 0 Å². The van der Waals surface area contributed by atoms with E-state index in [1.54, 1.807) is 18.8 Å². The molecule has 1 aliphatic rings. The number of anilines is 1. The van der Waals surface area contributed by atoms with Crippen molar-refractivity contribution in [2.45, 2.75) is 32.6 Å². The summed E-state index contributed by atoms with van der Waals surface area (Å²) in [5.74, 6) is 1.94. The molecule has 7 nitrogen and oxygen atoms in total. The molecular weight excluding hydrogens is 354 g/mol. The number of nitrogens with zero attached hydrogens (tertiary/aromatic N) is 4. The van der Waals surface area contributed by atoms with Crippen molar-refractivity contribution in [3.05, 3.63) is 58.5 Å². The molecule has 0 bridgehead atoms. The van der Waals surface area contributed by atoms with Crippen LogP contribution >= 0.6 is 0 Å². The van der Waals surface area contributed by atoms with Gasteiger partial charge in [0.2, 0.25) is 0 Å². The van der Waals surface area contributed by atoms with Crippen molar-refractivity contribution in [3.63, 3.8) is 0 Å². The molecule has 2 aromatic heterocycles. The molecule has 3 aromatic rings. The summed E-state index contributed by atoms with van der Waals surface area (Å²) in [5, 5.41) is 7.66. The summed E-state index contributed by atoms with van der Waals surface area (Å²) in [4.78, 5) is 22.1. The van der Waals surface area contributed by atoms with E-state index in [-0.39, 0.29) is 11.7 Å². The van der Waals surface area contributed by atoms with E-state index in [0.29, 0.717) is 30.2 Å². The Labute approximate surface area is 163 Å². The van der Waals surface area contributed by atoms with E-state index in [4.69, 9.17) is 4.74 Å². The van der Waals surface area contributed by atoms with Crippen LogP contribution in [-0.4, -0.2) is 39.7 Å². The monoisotopic (exact) mass is 377 g/mol. The van der Waals surface area contributed by atoms with Crippen molar-refractivity contribution in [3.8, 4) is 11.7 Å². The van der Waals surface area contributed by atoms with E-state index < -0.39 is 0 Å². The lowest BCUT2D eigenvalue weighted by atomic mass is 9.81. The summed E-state index contributed by atoms with van der Waals surface area (Å²) >= 11 is 0. The van der Waals surface area contributed by atoms with Crippen LogP contribution < -0.4 is 10.1 Å². The van der Waals surface area contributed by atoms with Gasteiger partial charge in [0.05, 0.1) is 18.4 Å². The summed E-state index contributed by atoms with van der Waals surface area (Å²) < 4.78 is 7.23. The van der Waals surface area contributed by atoms with Crippen LogP contribution in [0.3, 0.4) is 0 Å². The Balaban J connectivity index is 1.85. The summed E-state index contributed by atoms with van der Waals surface area (Å²) in [6.07, 6.45) is 1.08. The number of aromatic nitrogens is 4. The van der Waals surface area contributed by atoms with Crippen LogP contribution in [-0.2, 0) is 6.42 Å². The van der Waals surface area contributed by atoms with Crippen LogP contribution in [0.2, 0.25) is 0 Å². The molecule has 2 heterocycles. The first-order valence-corrected chi connectivity index (χ1v) is 9.30. The molecule has 0 fully saturated rings. The number of fused-ring (bicyclic) bond motifs is 1. The quantitative estimate of drug-likeness (QED) is 0.752. The summed E-state index contributed by atoms with van der Waals surface area (Å²) in [7, 11) is 3.43. The van der Waals surface area contributed by atoms with Gasteiger partial charge in [-0.15, -0.1) is 5.10 Å². The summed E-state index contributed by atoms with van der Waals surface area (Å²) in [5.41, 5.74) is 4.23. The molecule has 1 N–H and O–H groups in total. The van der Waals surface area contributed by atoms with E-state index in [1.165, 1.54) is 0 Å². The van der Waals surface area contributed by atoms with E-state index in [9.17, 15) is 4.79 Å². The third-order valence-electron chi connectivity index (χ3n) is 5.11. The van der Waals surface area contributed by atoms with Crippen molar-refractivity contribution < 1.29 is 9.53 Å². The zero-order chi connectivity index (χ0) is 19.8. The Morgan fingerprint density at radius 2 is 1.86 bits per heavy atom. The lowest BCUT2D eigenvalue weighted by molar-refractivity contribution is 0.0964. The van der Waals surface area contributed by atoms with Gasteiger partial charge in [0.1, 0.15) is 5.75 Å². The lowest BCUT2D eigenvalue weighted by Crippen LogP contribution is -2.21. The standard InChI is InChI=1S/C21H23N5O2/c1-12-9-13(2)24-21(23-12)26-16-10-14(15-7-5-6-8-18(15)28-4)11-17(27)19(16)20(22-3)25-26/h5-9,14H,10-11H2,1-4H3,(H,22,25)/t14-/m0/s1. The van der Waals surface area contributed by atoms with Crippen molar-refractivity contribution in [1.82, 2.24) is 19.7 Å². The molecular formula is C21H23N5O2.